The summed E-state index contributed by atoms with van der Waals surface area (Å²) in [5.74, 6) is 0.426. The molecule has 0 aliphatic rings. The second kappa shape index (κ2) is 6.62. The standard InChI is InChI=1S/C9H21NO/c1-3-5-8(6-4-2)9(11)7-10/h8-9,11H,3-7,10H2,1-2H3/t9-/m1/s1. The van der Waals surface area contributed by atoms with E-state index in [1.54, 1.807) is 0 Å². The molecule has 0 heterocycles. The van der Waals surface area contributed by atoms with Gasteiger partial charge in [-0.25, -0.2) is 0 Å². The van der Waals surface area contributed by atoms with Gasteiger partial charge in [0, 0.05) is 6.54 Å². The van der Waals surface area contributed by atoms with E-state index < -0.39 is 0 Å². The Morgan fingerprint density at radius 3 is 1.91 bits per heavy atom. The lowest BCUT2D eigenvalue weighted by Gasteiger charge is -2.20. The molecule has 0 saturated heterocycles. The number of hydrogen-bond donors (Lipinski definition) is 2. The molecule has 0 fully saturated rings. The van der Waals surface area contributed by atoms with Crippen LogP contribution in [-0.4, -0.2) is 17.8 Å². The molecular formula is C9H21NO. The van der Waals surface area contributed by atoms with Gasteiger partial charge in [-0.1, -0.05) is 26.7 Å². The van der Waals surface area contributed by atoms with Crippen molar-refractivity contribution in [3.8, 4) is 0 Å². The molecular weight excluding hydrogens is 138 g/mol. The third-order valence-corrected chi connectivity index (χ3v) is 2.10. The van der Waals surface area contributed by atoms with E-state index in [-0.39, 0.29) is 6.10 Å². The Balaban J connectivity index is 3.66. The van der Waals surface area contributed by atoms with E-state index in [0.29, 0.717) is 12.5 Å². The molecule has 3 N–H and O–H groups in total. The molecule has 0 spiro atoms. The predicted molar refractivity (Wildman–Crippen MR) is 48.4 cm³/mol. The van der Waals surface area contributed by atoms with Crippen molar-refractivity contribution in [1.82, 2.24) is 0 Å². The largest absolute Gasteiger partial charge is 0.392 e. The van der Waals surface area contributed by atoms with Crippen molar-refractivity contribution >= 4 is 0 Å². The Kier molecular flexibility index (Phi) is 6.57. The van der Waals surface area contributed by atoms with Crippen LogP contribution < -0.4 is 5.73 Å². The van der Waals surface area contributed by atoms with Gasteiger partial charge < -0.3 is 10.8 Å². The number of nitrogens with two attached hydrogens (primary N) is 1. The van der Waals surface area contributed by atoms with Gasteiger partial charge in [0.25, 0.3) is 0 Å². The minimum absolute atomic E-state index is 0.283. The molecule has 0 saturated carbocycles. The van der Waals surface area contributed by atoms with Gasteiger partial charge in [0.15, 0.2) is 0 Å². The van der Waals surface area contributed by atoms with E-state index in [1.165, 1.54) is 0 Å². The Hall–Kier alpha value is -0.0800. The molecule has 0 unspecified atom stereocenters. The third-order valence-electron chi connectivity index (χ3n) is 2.10. The highest BCUT2D eigenvalue weighted by molar-refractivity contribution is 4.68. The van der Waals surface area contributed by atoms with Crippen LogP contribution in [0.1, 0.15) is 39.5 Å². The van der Waals surface area contributed by atoms with E-state index >= 15 is 0 Å². The fourth-order valence-electron chi connectivity index (χ4n) is 1.46. The van der Waals surface area contributed by atoms with Crippen molar-refractivity contribution < 1.29 is 5.11 Å². The van der Waals surface area contributed by atoms with E-state index in [9.17, 15) is 5.11 Å². The summed E-state index contributed by atoms with van der Waals surface area (Å²) in [6.07, 6.45) is 4.21. The van der Waals surface area contributed by atoms with Crippen LogP contribution in [0.15, 0.2) is 0 Å². The SMILES string of the molecule is CCCC(CCC)[C@H](O)CN. The summed E-state index contributed by atoms with van der Waals surface area (Å²) < 4.78 is 0. The lowest BCUT2D eigenvalue weighted by molar-refractivity contribution is 0.104. The summed E-state index contributed by atoms with van der Waals surface area (Å²) in [7, 11) is 0. The van der Waals surface area contributed by atoms with Gasteiger partial charge in [-0.2, -0.15) is 0 Å². The van der Waals surface area contributed by atoms with Crippen molar-refractivity contribution in [2.45, 2.75) is 45.6 Å². The Labute approximate surface area is 69.8 Å². The summed E-state index contributed by atoms with van der Waals surface area (Å²) in [5, 5.41) is 9.45. The predicted octanol–water partition coefficient (Wildman–Crippen LogP) is 1.52. The van der Waals surface area contributed by atoms with Gasteiger partial charge in [-0.15, -0.1) is 0 Å². The van der Waals surface area contributed by atoms with Crippen LogP contribution in [0.2, 0.25) is 0 Å². The molecule has 2 heteroatoms. The van der Waals surface area contributed by atoms with Crippen LogP contribution in [-0.2, 0) is 0 Å². The van der Waals surface area contributed by atoms with E-state index in [4.69, 9.17) is 5.73 Å². The second-order valence-electron chi connectivity index (χ2n) is 3.14. The molecule has 0 amide bonds. The summed E-state index contributed by atoms with van der Waals surface area (Å²) in [4.78, 5) is 0. The molecule has 2 nitrogen and oxygen atoms in total. The Morgan fingerprint density at radius 2 is 1.64 bits per heavy atom. The zero-order valence-electron chi connectivity index (χ0n) is 7.71. The fourth-order valence-corrected chi connectivity index (χ4v) is 1.46. The van der Waals surface area contributed by atoms with Gasteiger partial charge in [0.05, 0.1) is 6.10 Å². The minimum atomic E-state index is -0.283. The van der Waals surface area contributed by atoms with E-state index in [1.807, 2.05) is 0 Å². The lowest BCUT2D eigenvalue weighted by atomic mass is 9.92. The quantitative estimate of drug-likeness (QED) is 0.617. The van der Waals surface area contributed by atoms with Crippen LogP contribution in [0.5, 0.6) is 0 Å². The van der Waals surface area contributed by atoms with Crippen LogP contribution in [0, 0.1) is 5.92 Å². The molecule has 0 bridgehead atoms. The van der Waals surface area contributed by atoms with E-state index in [2.05, 4.69) is 13.8 Å². The van der Waals surface area contributed by atoms with Crippen LogP contribution in [0.3, 0.4) is 0 Å². The summed E-state index contributed by atoms with van der Waals surface area (Å²) >= 11 is 0. The monoisotopic (exact) mass is 159 g/mol. The van der Waals surface area contributed by atoms with Gasteiger partial charge in [0.1, 0.15) is 0 Å². The number of aliphatic hydroxyl groups is 1. The number of aliphatic hydroxyl groups excluding tert-OH is 1. The first-order chi connectivity index (χ1) is 5.26. The summed E-state index contributed by atoms with van der Waals surface area (Å²) in [6.45, 7) is 4.70. The molecule has 68 valence electrons. The Bertz CT molecular complexity index is 79.6. The highest BCUT2D eigenvalue weighted by Crippen LogP contribution is 2.16. The van der Waals surface area contributed by atoms with Gasteiger partial charge >= 0.3 is 0 Å². The Morgan fingerprint density at radius 1 is 1.18 bits per heavy atom. The first-order valence-electron chi connectivity index (χ1n) is 4.64. The molecule has 0 radical (unpaired) electrons. The molecule has 0 aromatic carbocycles. The molecule has 0 aromatic rings. The molecule has 0 rings (SSSR count). The summed E-state index contributed by atoms with van der Waals surface area (Å²) in [6, 6.07) is 0. The van der Waals surface area contributed by atoms with Crippen LogP contribution in [0.4, 0.5) is 0 Å². The topological polar surface area (TPSA) is 46.2 Å². The first-order valence-corrected chi connectivity index (χ1v) is 4.64. The average Bonchev–Trinajstić information content (AvgIpc) is 2.03. The van der Waals surface area contributed by atoms with Crippen molar-refractivity contribution in [2.24, 2.45) is 11.7 Å². The second-order valence-corrected chi connectivity index (χ2v) is 3.14. The minimum Gasteiger partial charge on any atom is -0.392 e. The maximum atomic E-state index is 9.45. The molecule has 11 heavy (non-hydrogen) atoms. The lowest BCUT2D eigenvalue weighted by Crippen LogP contribution is -2.28. The molecule has 0 aromatic heterocycles. The molecule has 1 atom stereocenters. The van der Waals surface area contributed by atoms with Gasteiger partial charge in [0.2, 0.25) is 0 Å². The van der Waals surface area contributed by atoms with Crippen molar-refractivity contribution in [1.29, 1.82) is 0 Å². The van der Waals surface area contributed by atoms with Gasteiger partial charge in [-0.3, -0.25) is 0 Å². The zero-order chi connectivity index (χ0) is 8.69. The normalized spacial score (nSPS) is 13.9. The number of hydrogen-bond acceptors (Lipinski definition) is 2. The van der Waals surface area contributed by atoms with E-state index in [0.717, 1.165) is 25.7 Å². The smallest absolute Gasteiger partial charge is 0.0690 e. The molecule has 0 aliphatic heterocycles. The van der Waals surface area contributed by atoms with Crippen molar-refractivity contribution in [3.63, 3.8) is 0 Å². The maximum absolute atomic E-state index is 9.45. The zero-order valence-corrected chi connectivity index (χ0v) is 7.71. The number of rotatable bonds is 6. The third kappa shape index (κ3) is 4.38. The first kappa shape index (κ1) is 10.9. The van der Waals surface area contributed by atoms with Gasteiger partial charge in [-0.05, 0) is 18.8 Å². The van der Waals surface area contributed by atoms with Crippen molar-refractivity contribution in [3.05, 3.63) is 0 Å². The average molecular weight is 159 g/mol. The summed E-state index contributed by atoms with van der Waals surface area (Å²) in [5.41, 5.74) is 5.38. The van der Waals surface area contributed by atoms with Crippen LogP contribution >= 0.6 is 0 Å². The van der Waals surface area contributed by atoms with Crippen LogP contribution in [0.25, 0.3) is 0 Å². The highest BCUT2D eigenvalue weighted by atomic mass is 16.3. The highest BCUT2D eigenvalue weighted by Gasteiger charge is 2.15. The molecule has 0 aliphatic carbocycles. The van der Waals surface area contributed by atoms with Crippen molar-refractivity contribution in [2.75, 3.05) is 6.54 Å². The maximum Gasteiger partial charge on any atom is 0.0690 e. The fraction of sp³-hybridized carbons (Fsp3) is 1.00.